The number of aromatic nitrogens is 2. The Balaban J connectivity index is 1.91. The van der Waals surface area contributed by atoms with Crippen molar-refractivity contribution in [1.29, 1.82) is 0 Å². The third-order valence-corrected chi connectivity index (χ3v) is 5.86. The molecule has 0 aromatic carbocycles. The molecule has 3 aromatic rings. The molecule has 0 aliphatic carbocycles. The van der Waals surface area contributed by atoms with E-state index in [2.05, 4.69) is 25.9 Å². The lowest BCUT2D eigenvalue weighted by molar-refractivity contribution is 0.0781. The first kappa shape index (κ1) is 18.2. The second-order valence-electron chi connectivity index (χ2n) is 5.36. The molecule has 0 aliphatic rings. The van der Waals surface area contributed by atoms with Crippen LogP contribution in [0.2, 0.25) is 0 Å². The van der Waals surface area contributed by atoms with E-state index in [9.17, 15) is 4.79 Å². The van der Waals surface area contributed by atoms with Crippen LogP contribution in [0.25, 0.3) is 11.6 Å². The maximum atomic E-state index is 13.0. The van der Waals surface area contributed by atoms with E-state index in [1.807, 2.05) is 25.3 Å². The molecule has 0 bridgehead atoms. The number of rotatable bonds is 5. The Morgan fingerprint density at radius 2 is 2.16 bits per heavy atom. The van der Waals surface area contributed by atoms with E-state index in [1.54, 1.807) is 41.7 Å². The van der Waals surface area contributed by atoms with Crippen LogP contribution in [0.3, 0.4) is 0 Å². The van der Waals surface area contributed by atoms with Crippen LogP contribution in [-0.2, 0) is 6.54 Å². The highest BCUT2D eigenvalue weighted by Gasteiger charge is 2.23. The minimum Gasteiger partial charge on any atom is -0.461 e. The molecule has 1 amide bonds. The summed E-state index contributed by atoms with van der Waals surface area (Å²) in [5.74, 6) is 1.000. The molecule has 5 nitrogen and oxygen atoms in total. The van der Waals surface area contributed by atoms with Crippen molar-refractivity contribution in [3.05, 3.63) is 50.4 Å². The summed E-state index contributed by atoms with van der Waals surface area (Å²) in [6.45, 7) is 2.37. The number of halogens is 1. The number of thiophene rings is 1. The zero-order chi connectivity index (χ0) is 18.0. The summed E-state index contributed by atoms with van der Waals surface area (Å²) in [6, 6.07) is 7.59. The molecule has 3 aromatic heterocycles. The summed E-state index contributed by atoms with van der Waals surface area (Å²) in [6.07, 6.45) is 3.49. The van der Waals surface area contributed by atoms with Gasteiger partial charge in [-0.1, -0.05) is 0 Å². The van der Waals surface area contributed by atoms with Gasteiger partial charge in [-0.15, -0.1) is 23.1 Å². The molecular formula is C17H16BrN3O2S2. The van der Waals surface area contributed by atoms with Crippen LogP contribution in [0.15, 0.2) is 43.8 Å². The van der Waals surface area contributed by atoms with Gasteiger partial charge in [-0.3, -0.25) is 4.79 Å². The van der Waals surface area contributed by atoms with Crippen molar-refractivity contribution in [1.82, 2.24) is 14.9 Å². The SMILES string of the molecule is CSc1nc(-c2ccco2)nc(C)c1C(=O)N(C)Cc1ccc(Br)s1. The molecule has 3 rings (SSSR count). The van der Waals surface area contributed by atoms with Gasteiger partial charge in [0.25, 0.3) is 5.91 Å². The van der Waals surface area contributed by atoms with Crippen LogP contribution in [-0.4, -0.2) is 34.1 Å². The van der Waals surface area contributed by atoms with E-state index >= 15 is 0 Å². The molecule has 0 N–H and O–H groups in total. The molecule has 0 unspecified atom stereocenters. The molecule has 3 heterocycles. The Bertz CT molecular complexity index is 893. The Morgan fingerprint density at radius 1 is 1.36 bits per heavy atom. The van der Waals surface area contributed by atoms with E-state index in [4.69, 9.17) is 4.42 Å². The number of furan rings is 1. The molecule has 0 aliphatic heterocycles. The molecule has 0 atom stereocenters. The third-order valence-electron chi connectivity index (χ3n) is 3.57. The minimum atomic E-state index is -0.0858. The number of amides is 1. The number of thioether (sulfide) groups is 1. The zero-order valence-corrected chi connectivity index (χ0v) is 17.2. The van der Waals surface area contributed by atoms with Crippen LogP contribution in [0.1, 0.15) is 20.9 Å². The van der Waals surface area contributed by atoms with E-state index in [0.29, 0.717) is 34.4 Å². The normalized spacial score (nSPS) is 10.9. The summed E-state index contributed by atoms with van der Waals surface area (Å²) >= 11 is 6.50. The van der Waals surface area contributed by atoms with Crippen molar-refractivity contribution < 1.29 is 9.21 Å². The number of hydrogen-bond acceptors (Lipinski definition) is 6. The highest BCUT2D eigenvalue weighted by molar-refractivity contribution is 9.11. The standard InChI is InChI=1S/C17H16BrN3O2S2/c1-10-14(17(22)21(2)9-11-6-7-13(18)25-11)16(24-3)20-15(19-10)12-5-4-8-23-12/h4-8H,9H2,1-3H3. The van der Waals surface area contributed by atoms with Crippen molar-refractivity contribution in [2.75, 3.05) is 13.3 Å². The van der Waals surface area contributed by atoms with Gasteiger partial charge >= 0.3 is 0 Å². The zero-order valence-electron chi connectivity index (χ0n) is 13.9. The van der Waals surface area contributed by atoms with Crippen molar-refractivity contribution in [2.24, 2.45) is 0 Å². The second kappa shape index (κ2) is 7.72. The van der Waals surface area contributed by atoms with Crippen molar-refractivity contribution >= 4 is 44.9 Å². The fourth-order valence-corrected chi connectivity index (χ4v) is 4.54. The van der Waals surface area contributed by atoms with Crippen LogP contribution >= 0.6 is 39.0 Å². The molecule has 130 valence electrons. The average Bonchev–Trinajstić information content (AvgIpc) is 3.25. The quantitative estimate of drug-likeness (QED) is 0.421. The summed E-state index contributed by atoms with van der Waals surface area (Å²) < 4.78 is 6.42. The van der Waals surface area contributed by atoms with Gasteiger partial charge in [0.05, 0.1) is 27.9 Å². The van der Waals surface area contributed by atoms with Gasteiger partial charge in [0.2, 0.25) is 0 Å². The third kappa shape index (κ3) is 3.96. The Labute approximate surface area is 162 Å². The monoisotopic (exact) mass is 437 g/mol. The van der Waals surface area contributed by atoms with Crippen LogP contribution in [0.4, 0.5) is 0 Å². The maximum absolute atomic E-state index is 13.0. The molecule has 0 fully saturated rings. The van der Waals surface area contributed by atoms with Gasteiger partial charge in [-0.2, -0.15) is 0 Å². The lowest BCUT2D eigenvalue weighted by Gasteiger charge is -2.19. The maximum Gasteiger partial charge on any atom is 0.258 e. The molecular weight excluding hydrogens is 422 g/mol. The Hall–Kier alpha value is -1.64. The fourth-order valence-electron chi connectivity index (χ4n) is 2.39. The molecule has 0 saturated carbocycles. The second-order valence-corrected chi connectivity index (χ2v) is 8.70. The van der Waals surface area contributed by atoms with Crippen molar-refractivity contribution in [3.63, 3.8) is 0 Å². The summed E-state index contributed by atoms with van der Waals surface area (Å²) in [5, 5.41) is 0.656. The van der Waals surface area contributed by atoms with Gasteiger partial charge in [0.1, 0.15) is 5.03 Å². The lowest BCUT2D eigenvalue weighted by Crippen LogP contribution is -2.27. The Kier molecular flexibility index (Phi) is 5.61. The minimum absolute atomic E-state index is 0.0858. The highest BCUT2D eigenvalue weighted by Crippen LogP contribution is 2.27. The van der Waals surface area contributed by atoms with Gasteiger partial charge < -0.3 is 9.32 Å². The smallest absolute Gasteiger partial charge is 0.258 e. The summed E-state index contributed by atoms with van der Waals surface area (Å²) in [7, 11) is 1.79. The number of carbonyl (C=O) groups excluding carboxylic acids is 1. The van der Waals surface area contributed by atoms with Crippen molar-refractivity contribution in [2.45, 2.75) is 18.5 Å². The first-order valence-corrected chi connectivity index (χ1v) is 10.3. The fraction of sp³-hybridized carbons (Fsp3) is 0.235. The number of aryl methyl sites for hydroxylation is 1. The van der Waals surface area contributed by atoms with Gasteiger partial charge in [0.15, 0.2) is 11.6 Å². The largest absolute Gasteiger partial charge is 0.461 e. The molecule has 0 radical (unpaired) electrons. The van der Waals surface area contributed by atoms with Crippen LogP contribution < -0.4 is 0 Å². The van der Waals surface area contributed by atoms with Gasteiger partial charge in [-0.25, -0.2) is 9.97 Å². The molecule has 8 heteroatoms. The van der Waals surface area contributed by atoms with E-state index in [0.717, 1.165) is 8.66 Å². The highest BCUT2D eigenvalue weighted by atomic mass is 79.9. The van der Waals surface area contributed by atoms with Gasteiger partial charge in [0, 0.05) is 11.9 Å². The number of nitrogens with zero attached hydrogens (tertiary/aromatic N) is 3. The van der Waals surface area contributed by atoms with Crippen molar-refractivity contribution in [3.8, 4) is 11.6 Å². The number of carbonyl (C=O) groups is 1. The lowest BCUT2D eigenvalue weighted by atomic mass is 10.2. The first-order chi connectivity index (χ1) is 12.0. The van der Waals surface area contributed by atoms with E-state index in [1.165, 1.54) is 11.8 Å². The topological polar surface area (TPSA) is 59.2 Å². The van der Waals surface area contributed by atoms with Crippen LogP contribution in [0, 0.1) is 6.92 Å². The van der Waals surface area contributed by atoms with Gasteiger partial charge in [-0.05, 0) is 53.4 Å². The summed E-state index contributed by atoms with van der Waals surface area (Å²) in [5.41, 5.74) is 1.19. The predicted octanol–water partition coefficient (Wildman–Crippen LogP) is 4.86. The average molecular weight is 438 g/mol. The molecule has 0 spiro atoms. The van der Waals surface area contributed by atoms with E-state index < -0.39 is 0 Å². The van der Waals surface area contributed by atoms with E-state index in [-0.39, 0.29) is 5.91 Å². The number of hydrogen-bond donors (Lipinski definition) is 0. The first-order valence-electron chi connectivity index (χ1n) is 7.45. The summed E-state index contributed by atoms with van der Waals surface area (Å²) in [4.78, 5) is 24.7. The van der Waals surface area contributed by atoms with Crippen LogP contribution in [0.5, 0.6) is 0 Å². The Morgan fingerprint density at radius 3 is 2.76 bits per heavy atom. The molecule has 25 heavy (non-hydrogen) atoms. The molecule has 0 saturated heterocycles. The predicted molar refractivity (Wildman–Crippen MR) is 104 cm³/mol.